The standard InChI is InChI=1S/C7H6BrF2N3S/c8-3-1-5(10)6(2-4(3)9)12-7(14)13-11/h1-2H,11H2,(H2,12,13,14). The van der Waals surface area contributed by atoms with Crippen LogP contribution in [0.4, 0.5) is 14.5 Å². The second-order valence-corrected chi connectivity index (χ2v) is 3.61. The topological polar surface area (TPSA) is 50.1 Å². The fraction of sp³-hybridized carbons (Fsp3) is 0. The van der Waals surface area contributed by atoms with Crippen molar-refractivity contribution < 1.29 is 8.78 Å². The van der Waals surface area contributed by atoms with E-state index in [1.54, 1.807) is 0 Å². The number of hydrogen-bond acceptors (Lipinski definition) is 2. The van der Waals surface area contributed by atoms with E-state index in [0.717, 1.165) is 12.1 Å². The predicted octanol–water partition coefficient (Wildman–Crippen LogP) is 1.89. The molecule has 0 saturated carbocycles. The largest absolute Gasteiger partial charge is 0.329 e. The molecule has 1 aromatic rings. The Kier molecular flexibility index (Phi) is 3.73. The van der Waals surface area contributed by atoms with Crippen LogP contribution in [0, 0.1) is 11.6 Å². The fourth-order valence-electron chi connectivity index (χ4n) is 0.777. The van der Waals surface area contributed by atoms with E-state index in [1.165, 1.54) is 0 Å². The number of hydrogen-bond donors (Lipinski definition) is 3. The SMILES string of the molecule is NNC(=S)Nc1cc(F)c(Br)cc1F. The first-order chi connectivity index (χ1) is 6.54. The van der Waals surface area contributed by atoms with Gasteiger partial charge in [0, 0.05) is 6.07 Å². The minimum atomic E-state index is -0.629. The van der Waals surface area contributed by atoms with E-state index >= 15 is 0 Å². The molecule has 0 aliphatic carbocycles. The molecule has 0 spiro atoms. The highest BCUT2D eigenvalue weighted by molar-refractivity contribution is 9.10. The monoisotopic (exact) mass is 281 g/mol. The summed E-state index contributed by atoms with van der Waals surface area (Å²) in [7, 11) is 0. The molecule has 0 amide bonds. The number of nitrogens with two attached hydrogens (primary N) is 1. The van der Waals surface area contributed by atoms with Crippen molar-refractivity contribution in [3.05, 3.63) is 28.2 Å². The van der Waals surface area contributed by atoms with Gasteiger partial charge in [0.15, 0.2) is 5.11 Å². The van der Waals surface area contributed by atoms with E-state index in [9.17, 15) is 8.78 Å². The van der Waals surface area contributed by atoms with Gasteiger partial charge in [0.1, 0.15) is 11.6 Å². The molecule has 0 aromatic heterocycles. The van der Waals surface area contributed by atoms with Gasteiger partial charge in [-0.15, -0.1) is 0 Å². The molecule has 14 heavy (non-hydrogen) atoms. The first kappa shape index (κ1) is 11.3. The molecule has 7 heteroatoms. The summed E-state index contributed by atoms with van der Waals surface area (Å²) < 4.78 is 26.2. The Balaban J connectivity index is 2.98. The Morgan fingerprint density at radius 1 is 1.36 bits per heavy atom. The molecule has 0 bridgehead atoms. The first-order valence-electron chi connectivity index (χ1n) is 3.46. The molecule has 0 saturated heterocycles. The summed E-state index contributed by atoms with van der Waals surface area (Å²) in [6, 6.07) is 1.97. The molecule has 0 unspecified atom stereocenters. The van der Waals surface area contributed by atoms with Gasteiger partial charge in [-0.05, 0) is 34.2 Å². The zero-order valence-corrected chi connectivity index (χ0v) is 9.18. The third kappa shape index (κ3) is 2.60. The lowest BCUT2D eigenvalue weighted by Crippen LogP contribution is -2.34. The van der Waals surface area contributed by atoms with Gasteiger partial charge in [-0.1, -0.05) is 0 Å². The number of hydrazine groups is 1. The highest BCUT2D eigenvalue weighted by atomic mass is 79.9. The molecule has 0 aliphatic heterocycles. The van der Waals surface area contributed by atoms with Gasteiger partial charge < -0.3 is 10.7 Å². The highest BCUT2D eigenvalue weighted by Gasteiger charge is 2.08. The number of rotatable bonds is 1. The first-order valence-corrected chi connectivity index (χ1v) is 4.67. The maximum atomic E-state index is 13.1. The third-order valence-corrected chi connectivity index (χ3v) is 2.22. The maximum absolute atomic E-state index is 13.1. The zero-order valence-electron chi connectivity index (χ0n) is 6.77. The molecular formula is C7H6BrF2N3S. The van der Waals surface area contributed by atoms with E-state index in [1.807, 2.05) is 0 Å². The Hall–Kier alpha value is -0.790. The second-order valence-electron chi connectivity index (χ2n) is 2.34. The maximum Gasteiger partial charge on any atom is 0.185 e. The van der Waals surface area contributed by atoms with Gasteiger partial charge in [0.05, 0.1) is 10.2 Å². The Labute approximate surface area is 92.8 Å². The van der Waals surface area contributed by atoms with Gasteiger partial charge in [-0.25, -0.2) is 14.6 Å². The lowest BCUT2D eigenvalue weighted by atomic mass is 10.3. The molecule has 0 aliphatic rings. The summed E-state index contributed by atoms with van der Waals surface area (Å²) in [6.45, 7) is 0. The summed E-state index contributed by atoms with van der Waals surface area (Å²) in [5, 5.41) is 2.39. The molecule has 0 fully saturated rings. The van der Waals surface area contributed by atoms with Crippen LogP contribution >= 0.6 is 28.1 Å². The average molecular weight is 282 g/mol. The van der Waals surface area contributed by atoms with Gasteiger partial charge >= 0.3 is 0 Å². The average Bonchev–Trinajstić information content (AvgIpc) is 2.14. The van der Waals surface area contributed by atoms with Crippen LogP contribution in [0.25, 0.3) is 0 Å². The molecule has 1 rings (SSSR count). The van der Waals surface area contributed by atoms with Crippen molar-refractivity contribution in [1.82, 2.24) is 5.43 Å². The predicted molar refractivity (Wildman–Crippen MR) is 57.6 cm³/mol. The fourth-order valence-corrected chi connectivity index (χ4v) is 1.20. The summed E-state index contributed by atoms with van der Waals surface area (Å²) in [5.41, 5.74) is 2.02. The molecular weight excluding hydrogens is 276 g/mol. The number of benzene rings is 1. The quantitative estimate of drug-likeness (QED) is 0.319. The molecule has 1 aromatic carbocycles. The minimum absolute atomic E-state index is 0.00521. The lowest BCUT2D eigenvalue weighted by molar-refractivity contribution is 0.598. The van der Waals surface area contributed by atoms with Crippen LogP contribution in [-0.2, 0) is 0 Å². The van der Waals surface area contributed by atoms with Crippen LogP contribution in [0.3, 0.4) is 0 Å². The molecule has 4 N–H and O–H groups in total. The lowest BCUT2D eigenvalue weighted by Gasteiger charge is -2.08. The van der Waals surface area contributed by atoms with Crippen LogP contribution in [0.15, 0.2) is 16.6 Å². The van der Waals surface area contributed by atoms with Crippen LogP contribution in [0.5, 0.6) is 0 Å². The number of halogens is 3. The summed E-state index contributed by atoms with van der Waals surface area (Å²) in [6.07, 6.45) is 0. The summed E-state index contributed by atoms with van der Waals surface area (Å²) >= 11 is 7.47. The van der Waals surface area contributed by atoms with Gasteiger partial charge in [-0.3, -0.25) is 0 Å². The van der Waals surface area contributed by atoms with Crippen molar-refractivity contribution >= 4 is 38.9 Å². The van der Waals surface area contributed by atoms with E-state index in [0.29, 0.717) is 0 Å². The van der Waals surface area contributed by atoms with Crippen molar-refractivity contribution in [2.45, 2.75) is 0 Å². The smallest absolute Gasteiger partial charge is 0.185 e. The number of anilines is 1. The summed E-state index contributed by atoms with van der Waals surface area (Å²) in [5.74, 6) is 3.74. The van der Waals surface area contributed by atoms with E-state index in [4.69, 9.17) is 5.84 Å². The molecule has 0 radical (unpaired) electrons. The minimum Gasteiger partial charge on any atom is -0.329 e. The normalized spacial score (nSPS) is 9.71. The van der Waals surface area contributed by atoms with Crippen LogP contribution < -0.4 is 16.6 Å². The van der Waals surface area contributed by atoms with Gasteiger partial charge in [-0.2, -0.15) is 0 Å². The highest BCUT2D eigenvalue weighted by Crippen LogP contribution is 2.23. The number of thiocarbonyl (C=S) groups is 1. The van der Waals surface area contributed by atoms with E-state index in [-0.39, 0.29) is 15.3 Å². The van der Waals surface area contributed by atoms with Crippen molar-refractivity contribution in [2.75, 3.05) is 5.32 Å². The van der Waals surface area contributed by atoms with Crippen LogP contribution in [0.2, 0.25) is 0 Å². The van der Waals surface area contributed by atoms with E-state index < -0.39 is 11.6 Å². The number of nitrogens with one attached hydrogen (secondary N) is 2. The molecule has 0 atom stereocenters. The van der Waals surface area contributed by atoms with Crippen molar-refractivity contribution in [3.8, 4) is 0 Å². The Morgan fingerprint density at radius 2 is 2.00 bits per heavy atom. The second kappa shape index (κ2) is 4.63. The van der Waals surface area contributed by atoms with Gasteiger partial charge in [0.25, 0.3) is 0 Å². The van der Waals surface area contributed by atoms with Crippen molar-refractivity contribution in [1.29, 1.82) is 0 Å². The van der Waals surface area contributed by atoms with Crippen LogP contribution in [-0.4, -0.2) is 5.11 Å². The Bertz CT molecular complexity index is 372. The molecule has 76 valence electrons. The molecule has 0 heterocycles. The van der Waals surface area contributed by atoms with Crippen LogP contribution in [0.1, 0.15) is 0 Å². The zero-order chi connectivity index (χ0) is 10.7. The van der Waals surface area contributed by atoms with E-state index in [2.05, 4.69) is 38.9 Å². The van der Waals surface area contributed by atoms with Crippen molar-refractivity contribution in [2.24, 2.45) is 5.84 Å². The van der Waals surface area contributed by atoms with Crippen molar-refractivity contribution in [3.63, 3.8) is 0 Å². The Morgan fingerprint density at radius 3 is 2.57 bits per heavy atom. The third-order valence-electron chi connectivity index (χ3n) is 1.39. The van der Waals surface area contributed by atoms with Gasteiger partial charge in [0.2, 0.25) is 0 Å². The molecule has 3 nitrogen and oxygen atoms in total. The summed E-state index contributed by atoms with van der Waals surface area (Å²) in [4.78, 5) is 0.